The van der Waals surface area contributed by atoms with Crippen LogP contribution in [0.15, 0.2) is 63.8 Å². The molecule has 1 N–H and O–H groups in total. The van der Waals surface area contributed by atoms with Gasteiger partial charge >= 0.3 is 0 Å². The van der Waals surface area contributed by atoms with Crippen molar-refractivity contribution >= 4 is 17.5 Å². The van der Waals surface area contributed by atoms with Gasteiger partial charge in [-0.3, -0.25) is 14.5 Å². The van der Waals surface area contributed by atoms with Crippen LogP contribution in [0.4, 0.5) is 5.69 Å². The summed E-state index contributed by atoms with van der Waals surface area (Å²) in [5.41, 5.74) is 2.52. The van der Waals surface area contributed by atoms with Crippen molar-refractivity contribution in [1.82, 2.24) is 5.32 Å². The zero-order chi connectivity index (χ0) is 21.1. The van der Waals surface area contributed by atoms with Gasteiger partial charge in [-0.1, -0.05) is 25.0 Å². The van der Waals surface area contributed by atoms with E-state index in [1.165, 1.54) is 17.4 Å². The van der Waals surface area contributed by atoms with Gasteiger partial charge in [-0.25, -0.2) is 0 Å². The second-order valence-corrected chi connectivity index (χ2v) is 7.85. The van der Waals surface area contributed by atoms with Crippen molar-refractivity contribution in [3.63, 3.8) is 0 Å². The van der Waals surface area contributed by atoms with Gasteiger partial charge in [0, 0.05) is 11.7 Å². The second kappa shape index (κ2) is 8.61. The van der Waals surface area contributed by atoms with Crippen molar-refractivity contribution in [2.75, 3.05) is 4.90 Å². The number of carbonyl (C=O) groups is 2. The molecule has 2 heterocycles. The molecule has 1 aliphatic carbocycles. The predicted molar refractivity (Wildman–Crippen MR) is 113 cm³/mol. The Balaban J connectivity index is 1.81. The smallest absolute Gasteiger partial charge is 0.295 e. The predicted octanol–water partition coefficient (Wildman–Crippen LogP) is 4.94. The van der Waals surface area contributed by atoms with Crippen LogP contribution in [0.5, 0.6) is 0 Å². The Kier molecular flexibility index (Phi) is 5.74. The molecule has 0 radical (unpaired) electrons. The summed E-state index contributed by atoms with van der Waals surface area (Å²) in [6.45, 7) is 3.88. The first-order chi connectivity index (χ1) is 14.5. The van der Waals surface area contributed by atoms with Crippen LogP contribution in [0.25, 0.3) is 0 Å². The number of furan rings is 2. The average molecular weight is 406 g/mol. The third-order valence-electron chi connectivity index (χ3n) is 5.60. The number of aryl methyl sites for hydroxylation is 2. The first kappa shape index (κ1) is 20.0. The average Bonchev–Trinajstić information content (AvgIpc) is 3.50. The summed E-state index contributed by atoms with van der Waals surface area (Å²) >= 11 is 0. The van der Waals surface area contributed by atoms with E-state index in [0.29, 0.717) is 11.4 Å². The molecule has 3 aromatic rings. The molecule has 6 nitrogen and oxygen atoms in total. The van der Waals surface area contributed by atoms with Crippen LogP contribution in [0.2, 0.25) is 0 Å². The molecule has 0 bridgehead atoms. The Bertz CT molecular complexity index is 1000. The maximum absolute atomic E-state index is 13.6. The molecule has 1 aromatic carbocycles. The first-order valence-electron chi connectivity index (χ1n) is 10.3. The SMILES string of the molecule is Cc1ccc(C)c(N(C(=O)c2ccco2)[C@H](C(=O)NC2CCCC2)c2ccco2)c1. The highest BCUT2D eigenvalue weighted by Gasteiger charge is 2.38. The van der Waals surface area contributed by atoms with E-state index in [-0.39, 0.29) is 17.7 Å². The van der Waals surface area contributed by atoms with Gasteiger partial charge < -0.3 is 14.2 Å². The van der Waals surface area contributed by atoms with Crippen LogP contribution in [-0.4, -0.2) is 17.9 Å². The van der Waals surface area contributed by atoms with E-state index in [9.17, 15) is 9.59 Å². The molecule has 4 rings (SSSR count). The summed E-state index contributed by atoms with van der Waals surface area (Å²) in [6, 6.07) is 11.7. The number of rotatable bonds is 6. The van der Waals surface area contributed by atoms with E-state index >= 15 is 0 Å². The van der Waals surface area contributed by atoms with Crippen molar-refractivity contribution in [3.8, 4) is 0 Å². The molecular weight excluding hydrogens is 380 g/mol. The maximum Gasteiger partial charge on any atom is 0.295 e. The summed E-state index contributed by atoms with van der Waals surface area (Å²) in [5.74, 6) is -0.0678. The van der Waals surface area contributed by atoms with Gasteiger partial charge in [0.15, 0.2) is 11.8 Å². The molecule has 0 saturated heterocycles. The molecule has 30 heavy (non-hydrogen) atoms. The molecular formula is C24H26N2O4. The lowest BCUT2D eigenvalue weighted by Crippen LogP contribution is -2.46. The highest BCUT2D eigenvalue weighted by Crippen LogP contribution is 2.33. The van der Waals surface area contributed by atoms with Gasteiger partial charge in [0.05, 0.1) is 12.5 Å². The standard InChI is InChI=1S/C24H26N2O4/c1-16-11-12-17(2)19(15-16)26(24(28)21-10-6-14-30-21)22(20-9-5-13-29-20)23(27)25-18-7-3-4-8-18/h5-6,9-15,18,22H,3-4,7-8H2,1-2H3,(H,25,27)/t22-/m0/s1. The fraction of sp³-hybridized carbons (Fsp3) is 0.333. The van der Waals surface area contributed by atoms with E-state index in [1.54, 1.807) is 24.3 Å². The quantitative estimate of drug-likeness (QED) is 0.629. The summed E-state index contributed by atoms with van der Waals surface area (Å²) in [6.07, 6.45) is 7.07. The van der Waals surface area contributed by atoms with Gasteiger partial charge in [-0.15, -0.1) is 0 Å². The van der Waals surface area contributed by atoms with Gasteiger partial charge in [0.1, 0.15) is 5.76 Å². The zero-order valence-corrected chi connectivity index (χ0v) is 17.3. The minimum absolute atomic E-state index is 0.120. The largest absolute Gasteiger partial charge is 0.467 e. The third-order valence-corrected chi connectivity index (χ3v) is 5.60. The van der Waals surface area contributed by atoms with E-state index < -0.39 is 11.9 Å². The van der Waals surface area contributed by atoms with E-state index in [1.807, 2.05) is 32.0 Å². The fourth-order valence-electron chi connectivity index (χ4n) is 4.03. The highest BCUT2D eigenvalue weighted by atomic mass is 16.3. The molecule has 156 valence electrons. The topological polar surface area (TPSA) is 75.7 Å². The van der Waals surface area contributed by atoms with Crippen LogP contribution in [-0.2, 0) is 4.79 Å². The number of hydrogen-bond donors (Lipinski definition) is 1. The monoisotopic (exact) mass is 406 g/mol. The molecule has 1 fully saturated rings. The molecule has 0 aliphatic heterocycles. The lowest BCUT2D eigenvalue weighted by Gasteiger charge is -2.31. The maximum atomic E-state index is 13.6. The Hall–Kier alpha value is -3.28. The Morgan fingerprint density at radius 2 is 1.77 bits per heavy atom. The van der Waals surface area contributed by atoms with Crippen molar-refractivity contribution in [1.29, 1.82) is 0 Å². The number of nitrogens with zero attached hydrogens (tertiary/aromatic N) is 1. The van der Waals surface area contributed by atoms with E-state index in [2.05, 4.69) is 5.32 Å². The van der Waals surface area contributed by atoms with E-state index in [0.717, 1.165) is 36.8 Å². The molecule has 1 saturated carbocycles. The molecule has 2 aromatic heterocycles. The highest BCUT2D eigenvalue weighted by molar-refractivity contribution is 6.09. The van der Waals surface area contributed by atoms with Crippen molar-refractivity contribution in [2.24, 2.45) is 0 Å². The summed E-state index contributed by atoms with van der Waals surface area (Å²) in [4.78, 5) is 28.5. The van der Waals surface area contributed by atoms with Gasteiger partial charge in [-0.05, 0) is 68.1 Å². The Morgan fingerprint density at radius 3 is 2.43 bits per heavy atom. The van der Waals surface area contributed by atoms with E-state index in [4.69, 9.17) is 8.83 Å². The first-order valence-corrected chi connectivity index (χ1v) is 10.3. The number of amides is 2. The van der Waals surface area contributed by atoms with Crippen LogP contribution in [0.3, 0.4) is 0 Å². The molecule has 1 aliphatic rings. The number of anilines is 1. The van der Waals surface area contributed by atoms with Crippen LogP contribution >= 0.6 is 0 Å². The lowest BCUT2D eigenvalue weighted by atomic mass is 10.0. The molecule has 1 atom stereocenters. The van der Waals surface area contributed by atoms with Crippen LogP contribution in [0, 0.1) is 13.8 Å². The second-order valence-electron chi connectivity index (χ2n) is 7.85. The number of hydrogen-bond acceptors (Lipinski definition) is 4. The third kappa shape index (κ3) is 4.03. The number of benzene rings is 1. The van der Waals surface area contributed by atoms with Crippen molar-refractivity contribution in [3.05, 3.63) is 77.6 Å². The fourth-order valence-corrected chi connectivity index (χ4v) is 4.03. The molecule has 0 unspecified atom stereocenters. The number of carbonyl (C=O) groups excluding carboxylic acids is 2. The summed E-state index contributed by atoms with van der Waals surface area (Å²) in [5, 5.41) is 3.13. The Morgan fingerprint density at radius 1 is 1.03 bits per heavy atom. The van der Waals surface area contributed by atoms with Gasteiger partial charge in [-0.2, -0.15) is 0 Å². The summed E-state index contributed by atoms with van der Waals surface area (Å²) in [7, 11) is 0. The van der Waals surface area contributed by atoms with Crippen LogP contribution in [0.1, 0.15) is 59.2 Å². The Labute approximate surface area is 175 Å². The normalized spacial score (nSPS) is 15.1. The summed E-state index contributed by atoms with van der Waals surface area (Å²) < 4.78 is 11.0. The zero-order valence-electron chi connectivity index (χ0n) is 17.3. The van der Waals surface area contributed by atoms with Crippen LogP contribution < -0.4 is 10.2 Å². The van der Waals surface area contributed by atoms with Crippen molar-refractivity contribution in [2.45, 2.75) is 51.6 Å². The number of nitrogens with one attached hydrogen (secondary N) is 1. The molecule has 2 amide bonds. The lowest BCUT2D eigenvalue weighted by molar-refractivity contribution is -0.123. The van der Waals surface area contributed by atoms with Crippen molar-refractivity contribution < 1.29 is 18.4 Å². The minimum Gasteiger partial charge on any atom is -0.467 e. The van der Waals surface area contributed by atoms with Gasteiger partial charge in [0.25, 0.3) is 11.8 Å². The minimum atomic E-state index is -0.946. The van der Waals surface area contributed by atoms with Gasteiger partial charge in [0.2, 0.25) is 0 Å². The molecule has 6 heteroatoms. The molecule has 0 spiro atoms.